The number of aromatic nitrogens is 4. The molecule has 2 aromatic carbocycles. The van der Waals surface area contributed by atoms with E-state index >= 15 is 0 Å². The van der Waals surface area contributed by atoms with Crippen molar-refractivity contribution < 1.29 is 22.5 Å². The topological polar surface area (TPSA) is 73.8 Å². The van der Waals surface area contributed by atoms with Crippen LogP contribution in [0.1, 0.15) is 27.5 Å². The summed E-state index contributed by atoms with van der Waals surface area (Å²) in [6.45, 7) is -0.166. The van der Waals surface area contributed by atoms with Gasteiger partial charge in [0.25, 0.3) is 11.7 Å². The molecular weight excluding hydrogens is 504 g/mol. The van der Waals surface area contributed by atoms with Gasteiger partial charge < -0.3 is 9.09 Å². The number of carbonyl (C=O) groups excluding carboxylic acids is 1. The van der Waals surface area contributed by atoms with E-state index in [1.807, 2.05) is 0 Å². The van der Waals surface area contributed by atoms with E-state index in [0.29, 0.717) is 16.3 Å². The van der Waals surface area contributed by atoms with Crippen molar-refractivity contribution >= 4 is 39.9 Å². The zero-order chi connectivity index (χ0) is 24.7. The van der Waals surface area contributed by atoms with Gasteiger partial charge in [-0.05, 0) is 48.0 Å². The summed E-state index contributed by atoms with van der Waals surface area (Å²) in [4.78, 5) is 21.5. The quantitative estimate of drug-likeness (QED) is 0.243. The van der Waals surface area contributed by atoms with E-state index in [9.17, 15) is 18.0 Å². The van der Waals surface area contributed by atoms with Crippen molar-refractivity contribution in [2.45, 2.75) is 12.7 Å². The highest BCUT2D eigenvalue weighted by Crippen LogP contribution is 2.40. The molecule has 0 fully saturated rings. The molecule has 5 rings (SSSR count). The van der Waals surface area contributed by atoms with Crippen molar-refractivity contribution in [2.24, 2.45) is 0 Å². The Morgan fingerprint density at radius 2 is 1.74 bits per heavy atom. The molecule has 0 spiro atoms. The summed E-state index contributed by atoms with van der Waals surface area (Å²) in [6, 6.07) is 15.5. The van der Waals surface area contributed by atoms with Gasteiger partial charge >= 0.3 is 6.18 Å². The van der Waals surface area contributed by atoms with Gasteiger partial charge in [0.05, 0.1) is 5.56 Å². The van der Waals surface area contributed by atoms with E-state index < -0.39 is 29.1 Å². The Kier molecular flexibility index (Phi) is 5.82. The molecule has 176 valence electrons. The number of ketones is 1. The van der Waals surface area contributed by atoms with Gasteiger partial charge in [-0.1, -0.05) is 46.6 Å². The van der Waals surface area contributed by atoms with E-state index in [0.717, 1.165) is 4.57 Å². The Labute approximate surface area is 205 Å². The minimum atomic E-state index is -4.88. The molecular formula is C24H13Cl2F3N4O2. The first-order valence-corrected chi connectivity index (χ1v) is 10.9. The van der Waals surface area contributed by atoms with Crippen LogP contribution < -0.4 is 0 Å². The zero-order valence-electron chi connectivity index (χ0n) is 17.6. The third kappa shape index (κ3) is 4.40. The maximum Gasteiger partial charge on any atom is 0.432 e. The van der Waals surface area contributed by atoms with E-state index in [-0.39, 0.29) is 28.3 Å². The summed E-state index contributed by atoms with van der Waals surface area (Å²) in [6.07, 6.45) is -3.39. The number of halogens is 5. The molecule has 0 aliphatic carbocycles. The number of nitrogens with zero attached hydrogens (tertiary/aromatic N) is 4. The lowest BCUT2D eigenvalue weighted by Crippen LogP contribution is -2.19. The normalized spacial score (nSPS) is 11.8. The van der Waals surface area contributed by atoms with Gasteiger partial charge in [-0.2, -0.15) is 18.2 Å². The summed E-state index contributed by atoms with van der Waals surface area (Å²) in [5.74, 6) is -1.69. The molecule has 0 bridgehead atoms. The highest BCUT2D eigenvalue weighted by Gasteiger charge is 2.42. The predicted octanol–water partition coefficient (Wildman–Crippen LogP) is 6.69. The van der Waals surface area contributed by atoms with Crippen molar-refractivity contribution in [1.29, 1.82) is 0 Å². The smallest absolute Gasteiger partial charge is 0.332 e. The van der Waals surface area contributed by atoms with Crippen LogP contribution >= 0.6 is 23.2 Å². The van der Waals surface area contributed by atoms with Gasteiger partial charge in [0.2, 0.25) is 5.82 Å². The van der Waals surface area contributed by atoms with Crippen LogP contribution in [0, 0.1) is 0 Å². The van der Waals surface area contributed by atoms with Gasteiger partial charge in [0.15, 0.2) is 0 Å². The summed E-state index contributed by atoms with van der Waals surface area (Å²) >= 11 is 12.0. The maximum absolute atomic E-state index is 14.5. The molecule has 11 heteroatoms. The van der Waals surface area contributed by atoms with Crippen molar-refractivity contribution in [3.8, 4) is 11.5 Å². The second kappa shape index (κ2) is 8.83. The summed E-state index contributed by atoms with van der Waals surface area (Å²) in [5.41, 5.74) is -0.738. The number of rotatable bonds is 5. The van der Waals surface area contributed by atoms with Crippen molar-refractivity contribution in [2.75, 3.05) is 0 Å². The number of hydrogen-bond acceptors (Lipinski definition) is 5. The number of carbonyl (C=O) groups is 1. The highest BCUT2D eigenvalue weighted by molar-refractivity contribution is 6.32. The maximum atomic E-state index is 14.5. The molecule has 3 aromatic heterocycles. The number of pyridine rings is 1. The molecule has 5 aromatic rings. The predicted molar refractivity (Wildman–Crippen MR) is 123 cm³/mol. The minimum absolute atomic E-state index is 0.0152. The lowest BCUT2D eigenvalue weighted by Gasteiger charge is -2.14. The molecule has 0 aliphatic rings. The van der Waals surface area contributed by atoms with E-state index in [1.54, 1.807) is 42.5 Å². The number of hydrogen-bond donors (Lipinski definition) is 0. The first-order valence-electron chi connectivity index (χ1n) is 10.2. The molecule has 0 aliphatic heterocycles. The monoisotopic (exact) mass is 516 g/mol. The Balaban J connectivity index is 1.70. The summed E-state index contributed by atoms with van der Waals surface area (Å²) in [5, 5.41) is 4.34. The van der Waals surface area contributed by atoms with Gasteiger partial charge in [0.1, 0.15) is 11.4 Å². The van der Waals surface area contributed by atoms with Crippen LogP contribution in [0.3, 0.4) is 0 Å². The Morgan fingerprint density at radius 3 is 2.43 bits per heavy atom. The van der Waals surface area contributed by atoms with E-state index in [1.165, 1.54) is 24.4 Å². The first-order chi connectivity index (χ1) is 16.7. The average Bonchev–Trinajstić information content (AvgIpc) is 3.44. The van der Waals surface area contributed by atoms with Crippen LogP contribution in [0.5, 0.6) is 0 Å². The zero-order valence-corrected chi connectivity index (χ0v) is 19.1. The third-order valence-corrected chi connectivity index (χ3v) is 5.78. The Morgan fingerprint density at radius 1 is 1.00 bits per heavy atom. The summed E-state index contributed by atoms with van der Waals surface area (Å²) < 4.78 is 49.4. The second-order valence-electron chi connectivity index (χ2n) is 7.56. The van der Waals surface area contributed by atoms with Gasteiger partial charge in [0, 0.05) is 33.7 Å². The molecule has 0 N–H and O–H groups in total. The van der Waals surface area contributed by atoms with Crippen LogP contribution in [-0.4, -0.2) is 25.5 Å². The van der Waals surface area contributed by atoms with Crippen molar-refractivity contribution in [3.63, 3.8) is 0 Å². The molecule has 0 atom stereocenters. The standard InChI is InChI=1S/C24H13Cl2F3N4O2/c25-14-6-4-13(5-7-14)12-33-18-9-8-15(26)11-16(18)19(21(33)24(27,28)29)20(34)23-31-22(32-35-23)17-3-1-2-10-30-17/h1-11H,12H2. The third-order valence-electron chi connectivity index (χ3n) is 5.29. The fraction of sp³-hybridized carbons (Fsp3) is 0.0833. The molecule has 3 heterocycles. The fourth-order valence-electron chi connectivity index (χ4n) is 3.81. The largest absolute Gasteiger partial charge is 0.432 e. The number of fused-ring (bicyclic) bond motifs is 1. The molecule has 6 nitrogen and oxygen atoms in total. The fourth-order valence-corrected chi connectivity index (χ4v) is 4.11. The van der Waals surface area contributed by atoms with Crippen molar-refractivity contribution in [3.05, 3.63) is 99.6 Å². The Bertz CT molecular complexity index is 1550. The molecule has 0 saturated carbocycles. The first kappa shape index (κ1) is 23.1. The molecule has 0 saturated heterocycles. The lowest BCUT2D eigenvalue weighted by atomic mass is 10.1. The molecule has 0 amide bonds. The van der Waals surface area contributed by atoms with Crippen LogP contribution in [-0.2, 0) is 12.7 Å². The molecule has 0 radical (unpaired) electrons. The lowest BCUT2D eigenvalue weighted by molar-refractivity contribution is -0.143. The Hall–Kier alpha value is -3.69. The SMILES string of the molecule is O=C(c1nc(-c2ccccn2)no1)c1c(C(F)(F)F)n(Cc2ccc(Cl)cc2)c2ccc(Cl)cc12. The van der Waals surface area contributed by atoms with Gasteiger partial charge in [-0.25, -0.2) is 0 Å². The highest BCUT2D eigenvalue weighted by atomic mass is 35.5. The van der Waals surface area contributed by atoms with Crippen LogP contribution in [0.15, 0.2) is 71.4 Å². The number of alkyl halides is 3. The van der Waals surface area contributed by atoms with Gasteiger partial charge in [-0.3, -0.25) is 9.78 Å². The molecule has 0 unspecified atom stereocenters. The molecule has 35 heavy (non-hydrogen) atoms. The minimum Gasteiger partial charge on any atom is -0.332 e. The average molecular weight is 517 g/mol. The van der Waals surface area contributed by atoms with Gasteiger partial charge in [-0.15, -0.1) is 0 Å². The number of benzene rings is 2. The van der Waals surface area contributed by atoms with E-state index in [4.69, 9.17) is 27.7 Å². The second-order valence-corrected chi connectivity index (χ2v) is 8.44. The summed E-state index contributed by atoms with van der Waals surface area (Å²) in [7, 11) is 0. The van der Waals surface area contributed by atoms with Crippen molar-refractivity contribution in [1.82, 2.24) is 19.7 Å². The van der Waals surface area contributed by atoms with Crippen LogP contribution in [0.25, 0.3) is 22.4 Å². The van der Waals surface area contributed by atoms with Crippen LogP contribution in [0.4, 0.5) is 13.2 Å². The van der Waals surface area contributed by atoms with E-state index in [2.05, 4.69) is 15.1 Å². The van der Waals surface area contributed by atoms with Crippen LogP contribution in [0.2, 0.25) is 10.0 Å².